The van der Waals surface area contributed by atoms with Crippen LogP contribution in [0.3, 0.4) is 0 Å². The molecule has 4 rings (SSSR count). The lowest BCUT2D eigenvalue weighted by atomic mass is 10.1. The molecular formula is C30H30N6O8. The van der Waals surface area contributed by atoms with Gasteiger partial charge in [0.1, 0.15) is 12.0 Å². The third-order valence-electron chi connectivity index (χ3n) is 6.44. The van der Waals surface area contributed by atoms with Crippen LogP contribution in [0.1, 0.15) is 50.0 Å². The van der Waals surface area contributed by atoms with Gasteiger partial charge in [0, 0.05) is 24.4 Å². The average molecular weight is 603 g/mol. The monoisotopic (exact) mass is 602 g/mol. The van der Waals surface area contributed by atoms with Gasteiger partial charge in [-0.05, 0) is 61.7 Å². The van der Waals surface area contributed by atoms with Crippen molar-refractivity contribution in [1.82, 2.24) is 15.5 Å². The third kappa shape index (κ3) is 7.28. The SMILES string of the molecule is CCNC(=O)c1c[nH]c(C(=N)N(C(=O)OCOC(=O)Cc2ccc(O)cc2)c2cc(C(=O)Nc3ccon3)ccc2C)c1C. The molecule has 14 nitrogen and oxygen atoms in total. The van der Waals surface area contributed by atoms with Gasteiger partial charge in [0.15, 0.2) is 11.7 Å². The molecule has 0 unspecified atom stereocenters. The number of aryl methyl sites for hydroxylation is 1. The van der Waals surface area contributed by atoms with Crippen LogP contribution in [0.15, 0.2) is 65.5 Å². The number of hydrogen-bond acceptors (Lipinski definition) is 10. The molecule has 2 aromatic carbocycles. The van der Waals surface area contributed by atoms with Gasteiger partial charge in [0.05, 0.1) is 23.4 Å². The number of aromatic nitrogens is 2. The van der Waals surface area contributed by atoms with Crippen LogP contribution in [-0.4, -0.2) is 58.3 Å². The Bertz CT molecular complexity index is 1680. The normalized spacial score (nSPS) is 10.5. The number of anilines is 2. The molecule has 0 aliphatic carbocycles. The second-order valence-electron chi connectivity index (χ2n) is 9.47. The lowest BCUT2D eigenvalue weighted by Crippen LogP contribution is -2.39. The standard InChI is InChI=1S/C30H30N6O8/c1-4-32-29(40)22-15-33-26(18(22)3)27(31)36(30(41)43-16-42-25(38)13-19-6-9-21(37)10-7-19)23-14-20(8-5-17(23)2)28(39)34-24-11-12-44-35-24/h5-12,14-15,31,33,37H,4,13,16H2,1-3H3,(H,32,40)(H,34,35,39). The van der Waals surface area contributed by atoms with E-state index in [0.717, 1.165) is 4.90 Å². The minimum Gasteiger partial charge on any atom is -0.508 e. The van der Waals surface area contributed by atoms with Crippen molar-refractivity contribution in [3.8, 4) is 5.75 Å². The van der Waals surface area contributed by atoms with Gasteiger partial charge >= 0.3 is 12.1 Å². The van der Waals surface area contributed by atoms with Crippen molar-refractivity contribution >= 4 is 41.2 Å². The van der Waals surface area contributed by atoms with Gasteiger partial charge < -0.3 is 34.7 Å². The Morgan fingerprint density at radius 3 is 2.48 bits per heavy atom. The number of benzene rings is 2. The zero-order valence-electron chi connectivity index (χ0n) is 24.1. The Kier molecular flexibility index (Phi) is 9.75. The molecule has 0 bridgehead atoms. The van der Waals surface area contributed by atoms with Crippen LogP contribution in [0.4, 0.5) is 16.3 Å². The number of aromatic hydroxyl groups is 1. The van der Waals surface area contributed by atoms with E-state index < -0.39 is 30.6 Å². The van der Waals surface area contributed by atoms with E-state index in [1.807, 2.05) is 0 Å². The topological polar surface area (TPSA) is 200 Å². The molecule has 0 spiro atoms. The molecular weight excluding hydrogens is 572 g/mol. The number of H-pyrrole nitrogens is 1. The number of hydrogen-bond donors (Lipinski definition) is 5. The predicted octanol–water partition coefficient (Wildman–Crippen LogP) is 4.04. The second kappa shape index (κ2) is 13.8. The molecule has 0 aliphatic heterocycles. The van der Waals surface area contributed by atoms with Crippen molar-refractivity contribution in [2.45, 2.75) is 27.2 Å². The van der Waals surface area contributed by atoms with Gasteiger partial charge in [-0.3, -0.25) is 19.8 Å². The van der Waals surface area contributed by atoms with Crippen LogP contribution in [0.5, 0.6) is 5.75 Å². The van der Waals surface area contributed by atoms with Gasteiger partial charge in [-0.2, -0.15) is 0 Å². The molecule has 2 aromatic heterocycles. The summed E-state index contributed by atoms with van der Waals surface area (Å²) in [6.45, 7) is 4.68. The molecule has 44 heavy (non-hydrogen) atoms. The van der Waals surface area contributed by atoms with Crippen molar-refractivity contribution < 1.29 is 38.3 Å². The summed E-state index contributed by atoms with van der Waals surface area (Å²) in [7, 11) is 0. The lowest BCUT2D eigenvalue weighted by molar-refractivity contribution is -0.150. The van der Waals surface area contributed by atoms with Crippen molar-refractivity contribution in [1.29, 1.82) is 5.41 Å². The van der Waals surface area contributed by atoms with E-state index in [9.17, 15) is 24.3 Å². The molecule has 3 amide bonds. The number of nitrogens with one attached hydrogen (secondary N) is 4. The molecule has 0 fully saturated rings. The third-order valence-corrected chi connectivity index (χ3v) is 6.44. The quantitative estimate of drug-likeness (QED) is 0.0769. The van der Waals surface area contributed by atoms with Crippen molar-refractivity contribution in [2.24, 2.45) is 0 Å². The van der Waals surface area contributed by atoms with E-state index in [2.05, 4.69) is 20.8 Å². The Balaban J connectivity index is 1.60. The first-order valence-electron chi connectivity index (χ1n) is 13.4. The van der Waals surface area contributed by atoms with E-state index in [1.165, 1.54) is 42.8 Å². The Morgan fingerprint density at radius 1 is 1.05 bits per heavy atom. The molecule has 4 aromatic rings. The number of ether oxygens (including phenoxy) is 2. The number of phenolic OH excluding ortho intramolecular Hbond substituents is 1. The molecule has 0 saturated heterocycles. The van der Waals surface area contributed by atoms with Crippen LogP contribution < -0.4 is 15.5 Å². The summed E-state index contributed by atoms with van der Waals surface area (Å²) in [6.07, 6.45) is 1.50. The van der Waals surface area contributed by atoms with E-state index >= 15 is 0 Å². The van der Waals surface area contributed by atoms with Crippen LogP contribution in [0.25, 0.3) is 0 Å². The van der Waals surface area contributed by atoms with Gasteiger partial charge in [-0.15, -0.1) is 0 Å². The number of phenols is 1. The van der Waals surface area contributed by atoms with Crippen molar-refractivity contribution in [2.75, 3.05) is 23.6 Å². The van der Waals surface area contributed by atoms with Gasteiger partial charge in [-0.1, -0.05) is 23.4 Å². The molecule has 5 N–H and O–H groups in total. The summed E-state index contributed by atoms with van der Waals surface area (Å²) in [5.74, 6) is -1.79. The number of amides is 3. The maximum atomic E-state index is 13.5. The van der Waals surface area contributed by atoms with Gasteiger partial charge in [-0.25, -0.2) is 9.69 Å². The Labute approximate surface area is 251 Å². The smallest absolute Gasteiger partial charge is 0.423 e. The number of nitrogens with zero attached hydrogens (tertiary/aromatic N) is 2. The minimum atomic E-state index is -1.09. The second-order valence-corrected chi connectivity index (χ2v) is 9.47. The number of carbonyl (C=O) groups excluding carboxylic acids is 4. The Hall–Kier alpha value is -5.92. The summed E-state index contributed by atoms with van der Waals surface area (Å²) >= 11 is 0. The molecule has 0 radical (unpaired) electrons. The highest BCUT2D eigenvalue weighted by Crippen LogP contribution is 2.27. The largest absolute Gasteiger partial charge is 0.508 e. The predicted molar refractivity (Wildman–Crippen MR) is 158 cm³/mol. The summed E-state index contributed by atoms with van der Waals surface area (Å²) in [4.78, 5) is 55.0. The van der Waals surface area contributed by atoms with E-state index in [0.29, 0.717) is 23.2 Å². The fourth-order valence-corrected chi connectivity index (χ4v) is 4.15. The highest BCUT2D eigenvalue weighted by molar-refractivity contribution is 6.21. The van der Waals surface area contributed by atoms with Crippen LogP contribution >= 0.6 is 0 Å². The van der Waals surface area contributed by atoms with Crippen LogP contribution in [0, 0.1) is 19.3 Å². The first-order chi connectivity index (χ1) is 21.1. The van der Waals surface area contributed by atoms with Crippen molar-refractivity contribution in [3.05, 3.63) is 94.5 Å². The highest BCUT2D eigenvalue weighted by Gasteiger charge is 2.29. The Morgan fingerprint density at radius 2 is 1.80 bits per heavy atom. The molecule has 14 heteroatoms. The van der Waals surface area contributed by atoms with E-state index in [1.54, 1.807) is 39.0 Å². The first-order valence-corrected chi connectivity index (χ1v) is 13.4. The minimum absolute atomic E-state index is 0.0454. The van der Waals surface area contributed by atoms with Gasteiger partial charge in [0.2, 0.25) is 6.79 Å². The number of rotatable bonds is 10. The number of carbonyl (C=O) groups is 4. The van der Waals surface area contributed by atoms with Gasteiger partial charge in [0.25, 0.3) is 11.8 Å². The van der Waals surface area contributed by atoms with E-state index in [-0.39, 0.29) is 46.4 Å². The van der Waals surface area contributed by atoms with Crippen molar-refractivity contribution in [3.63, 3.8) is 0 Å². The zero-order chi connectivity index (χ0) is 31.8. The first kappa shape index (κ1) is 31.0. The highest BCUT2D eigenvalue weighted by atomic mass is 16.7. The summed E-state index contributed by atoms with van der Waals surface area (Å²) < 4.78 is 15.1. The maximum Gasteiger partial charge on any atom is 0.423 e. The average Bonchev–Trinajstić information content (AvgIpc) is 3.65. The fourth-order valence-electron chi connectivity index (χ4n) is 4.15. The van der Waals surface area contributed by atoms with E-state index in [4.69, 9.17) is 19.4 Å². The fraction of sp³-hybridized carbons (Fsp3) is 0.200. The summed E-state index contributed by atoms with van der Waals surface area (Å²) in [5.41, 5.74) is 2.15. The maximum absolute atomic E-state index is 13.5. The molecule has 228 valence electrons. The number of aromatic amines is 1. The number of amidine groups is 1. The number of esters is 1. The summed E-state index contributed by atoms with van der Waals surface area (Å²) in [6, 6.07) is 11.9. The molecule has 0 aliphatic rings. The van der Waals surface area contributed by atoms with Crippen LogP contribution in [0.2, 0.25) is 0 Å². The summed E-state index contributed by atoms with van der Waals surface area (Å²) in [5, 5.41) is 27.3. The zero-order valence-corrected chi connectivity index (χ0v) is 24.1. The van der Waals surface area contributed by atoms with Crippen LogP contribution in [-0.2, 0) is 20.7 Å². The lowest BCUT2D eigenvalue weighted by Gasteiger charge is -2.24. The molecule has 0 atom stereocenters. The molecule has 0 saturated carbocycles. The molecule has 2 heterocycles.